The second kappa shape index (κ2) is 14.2. The SMILES string of the molecule is CC(C)C(NC(=O)C(CS)NC(=O)C(N)Cc1ccc(O)cc1)C(=O)NC(Cc1ccccc1)C(=O)O. The Hall–Kier alpha value is -3.57. The number of benzene rings is 2. The van der Waals surface area contributed by atoms with Gasteiger partial charge in [0.25, 0.3) is 0 Å². The minimum atomic E-state index is -1.20. The minimum absolute atomic E-state index is 0.0539. The lowest BCUT2D eigenvalue weighted by Gasteiger charge is -2.26. The molecule has 0 aromatic heterocycles. The normalized spacial score (nSPS) is 14.2. The van der Waals surface area contributed by atoms with Crippen molar-refractivity contribution in [1.82, 2.24) is 16.0 Å². The third kappa shape index (κ3) is 9.43. The summed E-state index contributed by atoms with van der Waals surface area (Å²) in [6, 6.07) is 10.8. The molecule has 0 saturated heterocycles. The number of aliphatic carboxylic acids is 1. The molecular weight excluding hydrogens is 496 g/mol. The molecule has 0 aliphatic heterocycles. The van der Waals surface area contributed by atoms with Gasteiger partial charge in [-0.3, -0.25) is 14.4 Å². The Labute approximate surface area is 221 Å². The molecule has 2 aromatic carbocycles. The van der Waals surface area contributed by atoms with Crippen molar-refractivity contribution < 1.29 is 29.4 Å². The van der Waals surface area contributed by atoms with Crippen LogP contribution in [0, 0.1) is 5.92 Å². The number of amides is 3. The van der Waals surface area contributed by atoms with Crippen LogP contribution >= 0.6 is 12.6 Å². The molecule has 0 saturated carbocycles. The molecule has 0 aliphatic rings. The summed E-state index contributed by atoms with van der Waals surface area (Å²) in [5, 5.41) is 26.6. The number of phenols is 1. The summed E-state index contributed by atoms with van der Waals surface area (Å²) in [7, 11) is 0. The molecule has 4 unspecified atom stereocenters. The molecule has 0 bridgehead atoms. The van der Waals surface area contributed by atoms with Crippen LogP contribution in [-0.2, 0) is 32.0 Å². The van der Waals surface area contributed by atoms with Gasteiger partial charge in [-0.05, 0) is 35.6 Å². The number of carboxylic acid groups (broad SMARTS) is 1. The van der Waals surface area contributed by atoms with Crippen molar-refractivity contribution in [3.05, 3.63) is 65.7 Å². The van der Waals surface area contributed by atoms with Gasteiger partial charge in [-0.25, -0.2) is 4.79 Å². The molecule has 4 atom stereocenters. The second-order valence-electron chi connectivity index (χ2n) is 9.04. The van der Waals surface area contributed by atoms with Gasteiger partial charge in [0.1, 0.15) is 23.9 Å². The summed E-state index contributed by atoms with van der Waals surface area (Å²) in [6.07, 6.45) is 0.261. The number of thiol groups is 1. The number of carbonyl (C=O) groups is 4. The van der Waals surface area contributed by atoms with E-state index in [2.05, 4.69) is 28.6 Å². The molecule has 2 rings (SSSR count). The number of hydrogen-bond donors (Lipinski definition) is 7. The van der Waals surface area contributed by atoms with Crippen LogP contribution in [-0.4, -0.2) is 63.8 Å². The van der Waals surface area contributed by atoms with Crippen molar-refractivity contribution >= 4 is 36.3 Å². The minimum Gasteiger partial charge on any atom is -0.508 e. The number of carbonyl (C=O) groups excluding carboxylic acids is 3. The quantitative estimate of drug-likeness (QED) is 0.186. The molecule has 0 heterocycles. The smallest absolute Gasteiger partial charge is 0.326 e. The van der Waals surface area contributed by atoms with Crippen LogP contribution in [0.4, 0.5) is 0 Å². The molecule has 2 aromatic rings. The number of carboxylic acids is 1. The van der Waals surface area contributed by atoms with Crippen molar-refractivity contribution in [2.75, 3.05) is 5.75 Å². The van der Waals surface area contributed by atoms with Crippen molar-refractivity contribution in [2.45, 2.75) is 50.9 Å². The van der Waals surface area contributed by atoms with E-state index in [1.54, 1.807) is 56.3 Å². The fourth-order valence-corrected chi connectivity index (χ4v) is 3.81. The molecule has 37 heavy (non-hydrogen) atoms. The number of nitrogens with one attached hydrogen (secondary N) is 3. The Bertz CT molecular complexity index is 1060. The van der Waals surface area contributed by atoms with Crippen LogP contribution in [0.15, 0.2) is 54.6 Å². The fourth-order valence-electron chi connectivity index (χ4n) is 3.55. The maximum Gasteiger partial charge on any atom is 0.326 e. The summed E-state index contributed by atoms with van der Waals surface area (Å²) in [5.74, 6) is -3.42. The highest BCUT2D eigenvalue weighted by Gasteiger charge is 2.31. The highest BCUT2D eigenvalue weighted by Crippen LogP contribution is 2.11. The average molecular weight is 531 g/mol. The van der Waals surface area contributed by atoms with Crippen molar-refractivity contribution in [3.63, 3.8) is 0 Å². The second-order valence-corrected chi connectivity index (χ2v) is 9.41. The molecule has 0 fully saturated rings. The van der Waals surface area contributed by atoms with Gasteiger partial charge in [0.05, 0.1) is 6.04 Å². The first-order valence-electron chi connectivity index (χ1n) is 11.8. The predicted octanol–water partition coefficient (Wildman–Crippen LogP) is 0.630. The topological polar surface area (TPSA) is 171 Å². The van der Waals surface area contributed by atoms with E-state index in [-0.39, 0.29) is 30.3 Å². The highest BCUT2D eigenvalue weighted by atomic mass is 32.1. The average Bonchev–Trinajstić information content (AvgIpc) is 2.86. The van der Waals surface area contributed by atoms with Crippen molar-refractivity contribution in [1.29, 1.82) is 0 Å². The van der Waals surface area contributed by atoms with Crippen LogP contribution in [0.2, 0.25) is 0 Å². The maximum absolute atomic E-state index is 13.0. The molecule has 11 heteroatoms. The van der Waals surface area contributed by atoms with Gasteiger partial charge in [0.15, 0.2) is 0 Å². The van der Waals surface area contributed by atoms with Gasteiger partial charge < -0.3 is 31.9 Å². The van der Waals surface area contributed by atoms with Gasteiger partial charge >= 0.3 is 5.97 Å². The molecule has 0 spiro atoms. The summed E-state index contributed by atoms with van der Waals surface area (Å²) < 4.78 is 0. The van der Waals surface area contributed by atoms with Gasteiger partial charge in [0.2, 0.25) is 17.7 Å². The Morgan fingerprint density at radius 2 is 1.38 bits per heavy atom. The maximum atomic E-state index is 13.0. The van der Waals surface area contributed by atoms with Gasteiger partial charge in [-0.1, -0.05) is 56.3 Å². The first-order valence-corrected chi connectivity index (χ1v) is 12.5. The van der Waals surface area contributed by atoms with E-state index in [1.807, 2.05) is 0 Å². The summed E-state index contributed by atoms with van der Waals surface area (Å²) >= 11 is 4.15. The largest absolute Gasteiger partial charge is 0.508 e. The van der Waals surface area contributed by atoms with Crippen LogP contribution in [0.3, 0.4) is 0 Å². The third-order valence-electron chi connectivity index (χ3n) is 5.69. The van der Waals surface area contributed by atoms with E-state index in [4.69, 9.17) is 5.73 Å². The Morgan fingerprint density at radius 1 is 0.811 bits per heavy atom. The molecule has 10 nitrogen and oxygen atoms in total. The Balaban J connectivity index is 2.01. The van der Waals surface area contributed by atoms with Crippen LogP contribution in [0.1, 0.15) is 25.0 Å². The van der Waals surface area contributed by atoms with Crippen LogP contribution < -0.4 is 21.7 Å². The zero-order valence-corrected chi connectivity index (χ0v) is 21.7. The Morgan fingerprint density at radius 3 is 1.92 bits per heavy atom. The van der Waals surface area contributed by atoms with Gasteiger partial charge in [-0.15, -0.1) is 0 Å². The first-order chi connectivity index (χ1) is 17.5. The number of nitrogens with two attached hydrogens (primary N) is 1. The molecular formula is C26H34N4O6S. The number of aromatic hydroxyl groups is 1. The zero-order chi connectivity index (χ0) is 27.5. The molecule has 0 radical (unpaired) electrons. The highest BCUT2D eigenvalue weighted by molar-refractivity contribution is 7.80. The summed E-state index contributed by atoms with van der Waals surface area (Å²) in [6.45, 7) is 3.42. The molecule has 200 valence electrons. The third-order valence-corrected chi connectivity index (χ3v) is 6.05. The van der Waals surface area contributed by atoms with Crippen LogP contribution in [0.5, 0.6) is 5.75 Å². The first kappa shape index (κ1) is 29.7. The molecule has 3 amide bonds. The lowest BCUT2D eigenvalue weighted by molar-refractivity contribution is -0.142. The lowest BCUT2D eigenvalue weighted by atomic mass is 10.0. The number of phenolic OH excluding ortho intramolecular Hbond substituents is 1. The van der Waals surface area contributed by atoms with E-state index in [1.165, 1.54) is 12.1 Å². The van der Waals surface area contributed by atoms with Crippen LogP contribution in [0.25, 0.3) is 0 Å². The van der Waals surface area contributed by atoms with E-state index in [0.29, 0.717) is 0 Å². The van der Waals surface area contributed by atoms with Crippen molar-refractivity contribution in [2.24, 2.45) is 11.7 Å². The fraction of sp³-hybridized carbons (Fsp3) is 0.385. The number of rotatable bonds is 13. The van der Waals surface area contributed by atoms with Gasteiger partial charge in [0, 0.05) is 12.2 Å². The van der Waals surface area contributed by atoms with E-state index >= 15 is 0 Å². The predicted molar refractivity (Wildman–Crippen MR) is 142 cm³/mol. The van der Waals surface area contributed by atoms with E-state index < -0.39 is 47.9 Å². The number of hydrogen-bond acceptors (Lipinski definition) is 7. The van der Waals surface area contributed by atoms with E-state index in [0.717, 1.165) is 11.1 Å². The monoisotopic (exact) mass is 530 g/mol. The summed E-state index contributed by atoms with van der Waals surface area (Å²) in [4.78, 5) is 50.2. The van der Waals surface area contributed by atoms with Gasteiger partial charge in [-0.2, -0.15) is 12.6 Å². The molecule has 0 aliphatic carbocycles. The molecule has 7 N–H and O–H groups in total. The lowest BCUT2D eigenvalue weighted by Crippen LogP contribution is -2.59. The zero-order valence-electron chi connectivity index (χ0n) is 20.8. The van der Waals surface area contributed by atoms with Crippen molar-refractivity contribution in [3.8, 4) is 5.75 Å². The standard InChI is InChI=1S/C26H34N4O6S/c1-15(2)22(25(34)28-20(26(35)36)13-16-6-4-3-5-7-16)30-24(33)21(14-37)29-23(32)19(27)12-17-8-10-18(31)11-9-17/h3-11,15,19-22,31,37H,12-14,27H2,1-2H3,(H,28,34)(H,29,32)(H,30,33)(H,35,36). The summed E-state index contributed by atoms with van der Waals surface area (Å²) in [5.41, 5.74) is 7.45. The van der Waals surface area contributed by atoms with E-state index in [9.17, 15) is 29.4 Å². The Kier molecular flexibility index (Phi) is 11.4.